The van der Waals surface area contributed by atoms with Gasteiger partial charge in [0.05, 0.1) is 23.6 Å². The summed E-state index contributed by atoms with van der Waals surface area (Å²) in [5.41, 5.74) is 2.63. The summed E-state index contributed by atoms with van der Waals surface area (Å²) in [5, 5.41) is 11.9. The molecule has 7 nitrogen and oxygen atoms in total. The molecule has 3 N–H and O–H groups in total. The SMILES string of the molecule is COc1ccc(Cc2nnc(SCC(=O)Nc3ccc(C)cc3Cl)n2N)cc1. The molecule has 146 valence electrons. The van der Waals surface area contributed by atoms with Gasteiger partial charge in [-0.1, -0.05) is 41.6 Å². The fourth-order valence-electron chi connectivity index (χ4n) is 2.49. The molecule has 1 amide bonds. The average molecular weight is 418 g/mol. The zero-order valence-corrected chi connectivity index (χ0v) is 17.0. The highest BCUT2D eigenvalue weighted by Gasteiger charge is 2.13. The monoisotopic (exact) mass is 417 g/mol. The number of nitrogens with one attached hydrogen (secondary N) is 1. The van der Waals surface area contributed by atoms with Gasteiger partial charge < -0.3 is 15.9 Å². The molecule has 0 saturated carbocycles. The minimum absolute atomic E-state index is 0.141. The Labute approximate surface area is 172 Å². The largest absolute Gasteiger partial charge is 0.497 e. The predicted molar refractivity (Wildman–Crippen MR) is 112 cm³/mol. The second kappa shape index (κ2) is 8.99. The van der Waals surface area contributed by atoms with E-state index in [4.69, 9.17) is 22.2 Å². The number of ether oxygens (including phenoxy) is 1. The number of nitrogens with two attached hydrogens (primary N) is 1. The van der Waals surface area contributed by atoms with Crippen LogP contribution in [0, 0.1) is 6.92 Å². The van der Waals surface area contributed by atoms with Gasteiger partial charge in [0, 0.05) is 6.42 Å². The van der Waals surface area contributed by atoms with Gasteiger partial charge in [-0.2, -0.15) is 0 Å². The van der Waals surface area contributed by atoms with Gasteiger partial charge in [0.15, 0.2) is 5.82 Å². The minimum Gasteiger partial charge on any atom is -0.497 e. The number of halogens is 1. The molecule has 0 aliphatic rings. The van der Waals surface area contributed by atoms with Crippen LogP contribution in [0.15, 0.2) is 47.6 Å². The number of amides is 1. The molecular formula is C19H20ClN5O2S. The number of carbonyl (C=O) groups excluding carboxylic acids is 1. The predicted octanol–water partition coefficient (Wildman–Crippen LogP) is 3.28. The summed E-state index contributed by atoms with van der Waals surface area (Å²) < 4.78 is 6.55. The van der Waals surface area contributed by atoms with Gasteiger partial charge in [0.2, 0.25) is 11.1 Å². The van der Waals surface area contributed by atoms with Crippen molar-refractivity contribution in [1.82, 2.24) is 14.9 Å². The first kappa shape index (κ1) is 20.0. The van der Waals surface area contributed by atoms with Crippen LogP contribution in [0.25, 0.3) is 0 Å². The van der Waals surface area contributed by atoms with Crippen molar-refractivity contribution in [2.45, 2.75) is 18.5 Å². The van der Waals surface area contributed by atoms with E-state index in [-0.39, 0.29) is 11.7 Å². The van der Waals surface area contributed by atoms with Crippen molar-refractivity contribution in [3.63, 3.8) is 0 Å². The first-order chi connectivity index (χ1) is 13.5. The van der Waals surface area contributed by atoms with E-state index in [1.54, 1.807) is 19.2 Å². The van der Waals surface area contributed by atoms with E-state index in [1.165, 1.54) is 16.4 Å². The number of hydrogen-bond donors (Lipinski definition) is 2. The van der Waals surface area contributed by atoms with Crippen LogP contribution in [0.2, 0.25) is 5.02 Å². The summed E-state index contributed by atoms with van der Waals surface area (Å²) in [6.07, 6.45) is 0.527. The highest BCUT2D eigenvalue weighted by atomic mass is 35.5. The Bertz CT molecular complexity index is 975. The average Bonchev–Trinajstić information content (AvgIpc) is 3.02. The van der Waals surface area contributed by atoms with Gasteiger partial charge >= 0.3 is 0 Å². The maximum atomic E-state index is 12.2. The first-order valence-corrected chi connectivity index (χ1v) is 9.83. The van der Waals surface area contributed by atoms with Gasteiger partial charge in [-0.05, 0) is 42.3 Å². The topological polar surface area (TPSA) is 95.1 Å². The van der Waals surface area contributed by atoms with Crippen LogP contribution >= 0.6 is 23.4 Å². The molecule has 9 heteroatoms. The summed E-state index contributed by atoms with van der Waals surface area (Å²) in [6, 6.07) is 13.1. The van der Waals surface area contributed by atoms with Crippen molar-refractivity contribution < 1.29 is 9.53 Å². The van der Waals surface area contributed by atoms with Gasteiger partial charge in [0.1, 0.15) is 5.75 Å². The van der Waals surface area contributed by atoms with Crippen LogP contribution in [0.1, 0.15) is 17.0 Å². The van der Waals surface area contributed by atoms with Crippen molar-refractivity contribution in [3.05, 3.63) is 64.4 Å². The fourth-order valence-corrected chi connectivity index (χ4v) is 3.45. The molecule has 0 atom stereocenters. The summed E-state index contributed by atoms with van der Waals surface area (Å²) in [6.45, 7) is 1.94. The summed E-state index contributed by atoms with van der Waals surface area (Å²) >= 11 is 7.35. The number of methoxy groups -OCH3 is 1. The number of carbonyl (C=O) groups is 1. The maximum Gasteiger partial charge on any atom is 0.234 e. The van der Waals surface area contributed by atoms with Crippen LogP contribution in [-0.4, -0.2) is 33.6 Å². The van der Waals surface area contributed by atoms with E-state index in [9.17, 15) is 4.79 Å². The number of benzene rings is 2. The van der Waals surface area contributed by atoms with Crippen molar-refractivity contribution in [2.24, 2.45) is 0 Å². The second-order valence-electron chi connectivity index (χ2n) is 6.11. The van der Waals surface area contributed by atoms with E-state index < -0.39 is 0 Å². The molecule has 2 aromatic carbocycles. The number of aryl methyl sites for hydroxylation is 1. The Morgan fingerprint density at radius 3 is 2.68 bits per heavy atom. The van der Waals surface area contributed by atoms with E-state index in [0.29, 0.717) is 28.1 Å². The van der Waals surface area contributed by atoms with Crippen molar-refractivity contribution in [2.75, 3.05) is 24.0 Å². The van der Waals surface area contributed by atoms with Gasteiger partial charge in [0.25, 0.3) is 0 Å². The van der Waals surface area contributed by atoms with Crippen molar-refractivity contribution in [1.29, 1.82) is 0 Å². The smallest absolute Gasteiger partial charge is 0.234 e. The molecule has 0 aliphatic carbocycles. The van der Waals surface area contributed by atoms with Gasteiger partial charge in [-0.15, -0.1) is 10.2 Å². The molecule has 28 heavy (non-hydrogen) atoms. The molecule has 1 aromatic heterocycles. The van der Waals surface area contributed by atoms with Crippen molar-refractivity contribution in [3.8, 4) is 5.75 Å². The lowest BCUT2D eigenvalue weighted by atomic mass is 10.1. The third-order valence-electron chi connectivity index (χ3n) is 3.99. The fraction of sp³-hybridized carbons (Fsp3) is 0.211. The second-order valence-corrected chi connectivity index (χ2v) is 7.46. The third kappa shape index (κ3) is 4.96. The number of anilines is 1. The zero-order valence-electron chi connectivity index (χ0n) is 15.5. The molecule has 3 aromatic rings. The quantitative estimate of drug-likeness (QED) is 0.452. The Balaban J connectivity index is 1.58. The Hall–Kier alpha value is -2.71. The van der Waals surface area contributed by atoms with E-state index in [1.807, 2.05) is 37.3 Å². The molecule has 0 fully saturated rings. The van der Waals surface area contributed by atoms with Crippen LogP contribution in [0.3, 0.4) is 0 Å². The van der Waals surface area contributed by atoms with E-state index >= 15 is 0 Å². The summed E-state index contributed by atoms with van der Waals surface area (Å²) in [4.78, 5) is 12.2. The number of aromatic nitrogens is 3. The zero-order chi connectivity index (χ0) is 20.1. The normalized spacial score (nSPS) is 10.7. The van der Waals surface area contributed by atoms with Gasteiger partial charge in [-0.25, -0.2) is 4.68 Å². The molecular weight excluding hydrogens is 398 g/mol. The molecule has 1 heterocycles. The van der Waals surface area contributed by atoms with E-state index in [2.05, 4.69) is 15.5 Å². The highest BCUT2D eigenvalue weighted by molar-refractivity contribution is 7.99. The first-order valence-electron chi connectivity index (χ1n) is 8.47. The van der Waals surface area contributed by atoms with Crippen LogP contribution in [0.5, 0.6) is 5.75 Å². The van der Waals surface area contributed by atoms with Crippen LogP contribution in [0.4, 0.5) is 5.69 Å². The maximum absolute atomic E-state index is 12.2. The number of hydrogen-bond acceptors (Lipinski definition) is 6. The number of thioether (sulfide) groups is 1. The van der Waals surface area contributed by atoms with Gasteiger partial charge in [-0.3, -0.25) is 4.79 Å². The number of rotatable bonds is 7. The Morgan fingerprint density at radius 2 is 2.00 bits per heavy atom. The molecule has 0 bridgehead atoms. The minimum atomic E-state index is -0.199. The molecule has 0 unspecified atom stereocenters. The molecule has 0 aliphatic heterocycles. The number of nitrogens with zero attached hydrogens (tertiary/aromatic N) is 3. The molecule has 3 rings (SSSR count). The molecule has 0 saturated heterocycles. The van der Waals surface area contributed by atoms with Crippen LogP contribution in [-0.2, 0) is 11.2 Å². The standard InChI is InChI=1S/C19H20ClN5O2S/c1-12-3-8-16(15(20)9-12)22-18(26)11-28-19-24-23-17(25(19)21)10-13-4-6-14(27-2)7-5-13/h3-9H,10-11,21H2,1-2H3,(H,22,26). The van der Waals surface area contributed by atoms with E-state index in [0.717, 1.165) is 16.9 Å². The lowest BCUT2D eigenvalue weighted by Crippen LogP contribution is -2.17. The van der Waals surface area contributed by atoms with Crippen molar-refractivity contribution >= 4 is 35.0 Å². The lowest BCUT2D eigenvalue weighted by molar-refractivity contribution is -0.113. The highest BCUT2D eigenvalue weighted by Crippen LogP contribution is 2.23. The summed E-state index contributed by atoms with van der Waals surface area (Å²) in [7, 11) is 1.62. The molecule has 0 spiro atoms. The Kier molecular flexibility index (Phi) is 6.43. The number of nitrogen functional groups attached to an aromatic ring is 1. The summed E-state index contributed by atoms with van der Waals surface area (Å²) in [5.74, 6) is 7.41. The Morgan fingerprint density at radius 1 is 1.25 bits per heavy atom. The molecule has 0 radical (unpaired) electrons. The van der Waals surface area contributed by atoms with Crippen LogP contribution < -0.4 is 15.9 Å². The third-order valence-corrected chi connectivity index (χ3v) is 5.24. The lowest BCUT2D eigenvalue weighted by Gasteiger charge is -2.08.